The van der Waals surface area contributed by atoms with E-state index in [9.17, 15) is 4.79 Å². The van der Waals surface area contributed by atoms with Crippen LogP contribution in [0.4, 0.5) is 0 Å². The normalized spacial score (nSPS) is 11.8. The van der Waals surface area contributed by atoms with Gasteiger partial charge in [-0.25, -0.2) is 0 Å². The highest BCUT2D eigenvalue weighted by Gasteiger charge is 2.18. The molecule has 146 valence electrons. The minimum atomic E-state index is -0.523. The lowest BCUT2D eigenvalue weighted by Crippen LogP contribution is -2.39. The van der Waals surface area contributed by atoms with Gasteiger partial charge in [0, 0.05) is 0 Å². The Morgan fingerprint density at radius 1 is 0.929 bits per heavy atom. The fourth-order valence-corrected chi connectivity index (χ4v) is 3.01. The van der Waals surface area contributed by atoms with Crippen molar-refractivity contribution in [2.24, 2.45) is 0 Å². The number of benzene rings is 3. The van der Waals surface area contributed by atoms with Crippen LogP contribution in [0.5, 0.6) is 11.5 Å². The van der Waals surface area contributed by atoms with Crippen LogP contribution in [-0.4, -0.2) is 25.2 Å². The molecule has 28 heavy (non-hydrogen) atoms. The molecule has 0 aliphatic rings. The monoisotopic (exact) mass is 377 g/mol. The Morgan fingerprint density at radius 3 is 2.36 bits per heavy atom. The first kappa shape index (κ1) is 19.7. The molecule has 4 nitrogen and oxygen atoms in total. The zero-order valence-corrected chi connectivity index (χ0v) is 16.5. The second-order valence-electron chi connectivity index (χ2n) is 6.66. The summed E-state index contributed by atoms with van der Waals surface area (Å²) in [6.07, 6.45) is 1.08. The number of fused-ring (bicyclic) bond motifs is 1. The molecular weight excluding hydrogens is 350 g/mol. The van der Waals surface area contributed by atoms with E-state index in [0.29, 0.717) is 25.3 Å². The molecule has 4 heteroatoms. The molecule has 0 aliphatic carbocycles. The van der Waals surface area contributed by atoms with Gasteiger partial charge in [0.15, 0.2) is 6.10 Å². The van der Waals surface area contributed by atoms with Crippen molar-refractivity contribution in [1.82, 2.24) is 5.32 Å². The highest BCUT2D eigenvalue weighted by Crippen LogP contribution is 2.22. The molecule has 1 N–H and O–H groups in total. The van der Waals surface area contributed by atoms with E-state index in [1.165, 1.54) is 5.56 Å². The molecule has 0 aromatic heterocycles. The molecule has 3 rings (SSSR count). The van der Waals surface area contributed by atoms with Gasteiger partial charge in [-0.05, 0) is 53.4 Å². The Labute approximate surface area is 166 Å². The van der Waals surface area contributed by atoms with E-state index in [1.807, 2.05) is 55.5 Å². The minimum absolute atomic E-state index is 0.124. The molecule has 3 aromatic rings. The number of hydrogen-bond donors (Lipinski definition) is 1. The number of carbonyl (C=O) groups is 1. The van der Waals surface area contributed by atoms with Crippen molar-refractivity contribution in [3.63, 3.8) is 0 Å². The molecule has 0 heterocycles. The summed E-state index contributed by atoms with van der Waals surface area (Å²) in [5.41, 5.74) is 1.28. The second-order valence-corrected chi connectivity index (χ2v) is 6.66. The van der Waals surface area contributed by atoms with Crippen LogP contribution in [0.3, 0.4) is 0 Å². The molecule has 1 amide bonds. The first-order valence-corrected chi connectivity index (χ1v) is 9.84. The number of nitrogens with one attached hydrogen (secondary N) is 1. The summed E-state index contributed by atoms with van der Waals surface area (Å²) in [5, 5.41) is 5.14. The molecule has 0 fully saturated rings. The largest absolute Gasteiger partial charge is 0.492 e. The zero-order valence-electron chi connectivity index (χ0n) is 16.5. The first-order valence-electron chi connectivity index (χ1n) is 9.84. The van der Waals surface area contributed by atoms with Gasteiger partial charge in [-0.15, -0.1) is 0 Å². The van der Waals surface area contributed by atoms with Crippen LogP contribution in [0, 0.1) is 0 Å². The number of amides is 1. The van der Waals surface area contributed by atoms with Gasteiger partial charge in [-0.2, -0.15) is 0 Å². The van der Waals surface area contributed by atoms with Crippen molar-refractivity contribution in [3.05, 3.63) is 72.3 Å². The summed E-state index contributed by atoms with van der Waals surface area (Å²) in [4.78, 5) is 12.4. The number of rotatable bonds is 9. The Hall–Kier alpha value is -3.01. The molecule has 0 bridgehead atoms. The molecule has 0 aliphatic heterocycles. The predicted octanol–water partition coefficient (Wildman–Crippen LogP) is 4.75. The van der Waals surface area contributed by atoms with Crippen molar-refractivity contribution in [1.29, 1.82) is 0 Å². The molecule has 0 radical (unpaired) electrons. The molecular formula is C24H27NO3. The van der Waals surface area contributed by atoms with E-state index in [-0.39, 0.29) is 5.91 Å². The van der Waals surface area contributed by atoms with E-state index in [4.69, 9.17) is 9.47 Å². The van der Waals surface area contributed by atoms with E-state index >= 15 is 0 Å². The average Bonchev–Trinajstić information content (AvgIpc) is 2.75. The maximum atomic E-state index is 12.4. The van der Waals surface area contributed by atoms with Crippen molar-refractivity contribution < 1.29 is 14.3 Å². The van der Waals surface area contributed by atoms with Crippen molar-refractivity contribution in [2.45, 2.75) is 32.8 Å². The van der Waals surface area contributed by atoms with Crippen molar-refractivity contribution >= 4 is 16.7 Å². The number of aryl methyl sites for hydroxylation is 1. The van der Waals surface area contributed by atoms with Gasteiger partial charge in [-0.3, -0.25) is 4.79 Å². The number of carbonyl (C=O) groups excluding carboxylic acids is 1. The minimum Gasteiger partial charge on any atom is -0.492 e. The maximum absolute atomic E-state index is 12.4. The van der Waals surface area contributed by atoms with Crippen LogP contribution in [0.2, 0.25) is 0 Å². The quantitative estimate of drug-likeness (QED) is 0.547. The molecule has 1 unspecified atom stereocenters. The third-order valence-corrected chi connectivity index (χ3v) is 4.66. The fraction of sp³-hybridized carbons (Fsp3) is 0.292. The van der Waals surface area contributed by atoms with Crippen LogP contribution in [0.15, 0.2) is 66.7 Å². The average molecular weight is 377 g/mol. The number of hydrogen-bond acceptors (Lipinski definition) is 3. The molecule has 1 atom stereocenters. The molecule has 3 aromatic carbocycles. The molecule has 0 saturated carbocycles. The smallest absolute Gasteiger partial charge is 0.261 e. The van der Waals surface area contributed by atoms with Gasteiger partial charge in [0.1, 0.15) is 18.1 Å². The van der Waals surface area contributed by atoms with Crippen LogP contribution < -0.4 is 14.8 Å². The van der Waals surface area contributed by atoms with Crippen molar-refractivity contribution in [3.8, 4) is 11.5 Å². The topological polar surface area (TPSA) is 47.6 Å². The van der Waals surface area contributed by atoms with Gasteiger partial charge in [-0.1, -0.05) is 56.3 Å². The van der Waals surface area contributed by atoms with E-state index in [1.54, 1.807) is 0 Å². The van der Waals surface area contributed by atoms with Gasteiger partial charge in [0.05, 0.1) is 6.54 Å². The predicted molar refractivity (Wildman–Crippen MR) is 113 cm³/mol. The third kappa shape index (κ3) is 5.26. The summed E-state index contributed by atoms with van der Waals surface area (Å²) in [5.74, 6) is 1.39. The standard InChI is InChI=1S/C24H27NO3/c1-3-18-9-12-21(13-10-18)27-16-15-25-24(26)23(4-2)28-22-14-11-19-7-5-6-8-20(19)17-22/h5-14,17,23H,3-4,15-16H2,1-2H3,(H,25,26). The van der Waals surface area contributed by atoms with Gasteiger partial charge >= 0.3 is 0 Å². The lowest BCUT2D eigenvalue weighted by molar-refractivity contribution is -0.128. The Balaban J connectivity index is 1.48. The zero-order chi connectivity index (χ0) is 19.8. The van der Waals surface area contributed by atoms with Crippen LogP contribution in [0.25, 0.3) is 10.8 Å². The summed E-state index contributed by atoms with van der Waals surface area (Å²) in [7, 11) is 0. The summed E-state index contributed by atoms with van der Waals surface area (Å²) in [6.45, 7) is 4.92. The third-order valence-electron chi connectivity index (χ3n) is 4.66. The number of ether oxygens (including phenoxy) is 2. The van der Waals surface area contributed by atoms with Gasteiger partial charge in [0.2, 0.25) is 0 Å². The SMILES string of the molecule is CCc1ccc(OCCNC(=O)C(CC)Oc2ccc3ccccc3c2)cc1. The maximum Gasteiger partial charge on any atom is 0.261 e. The van der Waals surface area contributed by atoms with Crippen LogP contribution in [-0.2, 0) is 11.2 Å². The van der Waals surface area contributed by atoms with Gasteiger partial charge < -0.3 is 14.8 Å². The molecule has 0 spiro atoms. The summed E-state index contributed by atoms with van der Waals surface area (Å²) >= 11 is 0. The summed E-state index contributed by atoms with van der Waals surface area (Å²) < 4.78 is 11.6. The molecule has 0 saturated heterocycles. The van der Waals surface area contributed by atoms with E-state index in [0.717, 1.165) is 22.9 Å². The second kappa shape index (κ2) is 9.79. The fourth-order valence-electron chi connectivity index (χ4n) is 3.01. The van der Waals surface area contributed by atoms with Gasteiger partial charge in [0.25, 0.3) is 5.91 Å². The van der Waals surface area contributed by atoms with Crippen LogP contribution >= 0.6 is 0 Å². The highest BCUT2D eigenvalue weighted by molar-refractivity contribution is 5.84. The Kier molecular flexibility index (Phi) is 6.90. The van der Waals surface area contributed by atoms with E-state index in [2.05, 4.69) is 30.4 Å². The Bertz CT molecular complexity index is 905. The first-order chi connectivity index (χ1) is 13.7. The Morgan fingerprint density at radius 2 is 1.64 bits per heavy atom. The van der Waals surface area contributed by atoms with Crippen LogP contribution in [0.1, 0.15) is 25.8 Å². The highest BCUT2D eigenvalue weighted by atomic mass is 16.5. The lowest BCUT2D eigenvalue weighted by Gasteiger charge is -2.18. The summed E-state index contributed by atoms with van der Waals surface area (Å²) in [6, 6.07) is 22.0. The van der Waals surface area contributed by atoms with E-state index < -0.39 is 6.10 Å². The lowest BCUT2D eigenvalue weighted by atomic mass is 10.1. The van der Waals surface area contributed by atoms with Crippen molar-refractivity contribution in [2.75, 3.05) is 13.2 Å².